The van der Waals surface area contributed by atoms with Crippen LogP contribution in [-0.2, 0) is 0 Å². The number of nitro benzene ring substituents is 4. The summed E-state index contributed by atoms with van der Waals surface area (Å²) >= 11 is 0. The third-order valence-electron chi connectivity index (χ3n) is 7.19. The first-order valence-corrected chi connectivity index (χ1v) is 11.8. The first-order valence-electron chi connectivity index (χ1n) is 11.8. The average Bonchev–Trinajstić information content (AvgIpc) is 3.42. The van der Waals surface area contributed by atoms with Crippen LogP contribution in [0.15, 0.2) is 72.8 Å². The molecule has 2 aliphatic carbocycles. The summed E-state index contributed by atoms with van der Waals surface area (Å²) in [6.45, 7) is 0. The third kappa shape index (κ3) is 3.72. The Morgan fingerprint density at radius 2 is 0.650 bits per heavy atom. The van der Waals surface area contributed by atoms with E-state index < -0.39 is 31.5 Å². The maximum Gasteiger partial charge on any atom is 0.270 e. The summed E-state index contributed by atoms with van der Waals surface area (Å²) in [5.74, 6) is 5.34. The molecule has 194 valence electrons. The standard InChI is InChI=1S/C28H14N4O8/c33-29(34)15-1-5-21-19(22-6-2-16(30(35)36)12-26(22)25(21)11-15)9-10-20-23-7-3-17(31(37)38)13-27(23)28-14-18(32(39)40)4-8-24(20)28/h1-8,11-14,19-20H. The monoisotopic (exact) mass is 534 g/mol. The summed E-state index contributed by atoms with van der Waals surface area (Å²) in [6.07, 6.45) is 0. The molecule has 2 aliphatic rings. The Kier molecular flexibility index (Phi) is 5.37. The fourth-order valence-corrected chi connectivity index (χ4v) is 5.38. The number of fused-ring (bicyclic) bond motifs is 6. The first kappa shape index (κ1) is 24.4. The van der Waals surface area contributed by atoms with Gasteiger partial charge in [0.25, 0.3) is 22.7 Å². The molecular weight excluding hydrogens is 520 g/mol. The van der Waals surface area contributed by atoms with E-state index in [1.807, 2.05) is 0 Å². The second kappa shape index (κ2) is 8.81. The lowest BCUT2D eigenvalue weighted by molar-refractivity contribution is -0.385. The zero-order valence-corrected chi connectivity index (χ0v) is 20.1. The zero-order valence-electron chi connectivity index (χ0n) is 20.1. The van der Waals surface area contributed by atoms with Crippen LogP contribution in [0.2, 0.25) is 0 Å². The minimum atomic E-state index is -0.560. The van der Waals surface area contributed by atoms with Crippen LogP contribution in [0.5, 0.6) is 0 Å². The molecular formula is C28H14N4O8. The second-order valence-electron chi connectivity index (χ2n) is 9.27. The number of nitrogens with zero attached hydrogens (tertiary/aromatic N) is 4. The van der Waals surface area contributed by atoms with E-state index in [2.05, 4.69) is 11.8 Å². The van der Waals surface area contributed by atoms with Gasteiger partial charge in [0.05, 0.1) is 31.5 Å². The van der Waals surface area contributed by atoms with E-state index >= 15 is 0 Å². The van der Waals surface area contributed by atoms with E-state index in [0.29, 0.717) is 44.5 Å². The molecule has 4 aromatic carbocycles. The van der Waals surface area contributed by atoms with Gasteiger partial charge in [-0.2, -0.15) is 0 Å². The molecule has 0 spiro atoms. The van der Waals surface area contributed by atoms with Gasteiger partial charge < -0.3 is 0 Å². The summed E-state index contributed by atoms with van der Waals surface area (Å²) in [7, 11) is 0. The molecule has 4 aromatic rings. The van der Waals surface area contributed by atoms with Crippen molar-refractivity contribution in [2.45, 2.75) is 11.8 Å². The normalized spacial score (nSPS) is 12.9. The van der Waals surface area contributed by atoms with Crippen molar-refractivity contribution in [2.24, 2.45) is 0 Å². The van der Waals surface area contributed by atoms with Gasteiger partial charge in [0.15, 0.2) is 0 Å². The molecule has 6 rings (SSSR count). The molecule has 0 N–H and O–H groups in total. The highest BCUT2D eigenvalue weighted by Crippen LogP contribution is 2.49. The molecule has 0 radical (unpaired) electrons. The van der Waals surface area contributed by atoms with Crippen molar-refractivity contribution < 1.29 is 19.7 Å². The summed E-state index contributed by atoms with van der Waals surface area (Å²) in [5, 5.41) is 45.7. The number of benzene rings is 4. The highest BCUT2D eigenvalue weighted by Gasteiger charge is 2.33. The molecule has 0 saturated carbocycles. The van der Waals surface area contributed by atoms with Crippen LogP contribution in [0, 0.1) is 52.3 Å². The summed E-state index contributed by atoms with van der Waals surface area (Å²) in [6, 6.07) is 17.2. The van der Waals surface area contributed by atoms with E-state index in [-0.39, 0.29) is 22.7 Å². The number of rotatable bonds is 4. The first-order chi connectivity index (χ1) is 19.1. The largest absolute Gasteiger partial charge is 0.270 e. The van der Waals surface area contributed by atoms with Gasteiger partial charge in [-0.1, -0.05) is 11.8 Å². The van der Waals surface area contributed by atoms with Gasteiger partial charge in [0.1, 0.15) is 0 Å². The molecule has 0 heterocycles. The molecule has 0 fully saturated rings. The highest BCUT2D eigenvalue weighted by molar-refractivity contribution is 5.85. The molecule has 12 heteroatoms. The average molecular weight is 534 g/mol. The van der Waals surface area contributed by atoms with Crippen LogP contribution in [-0.4, -0.2) is 19.7 Å². The number of nitro groups is 4. The molecule has 0 unspecified atom stereocenters. The van der Waals surface area contributed by atoms with Crippen molar-refractivity contribution in [3.05, 3.63) is 136 Å². The Morgan fingerprint density at radius 1 is 0.425 bits per heavy atom. The molecule has 0 atom stereocenters. The van der Waals surface area contributed by atoms with Crippen molar-refractivity contribution in [1.29, 1.82) is 0 Å². The lowest BCUT2D eigenvalue weighted by Crippen LogP contribution is -1.98. The van der Waals surface area contributed by atoms with Crippen LogP contribution >= 0.6 is 0 Å². The van der Waals surface area contributed by atoms with Gasteiger partial charge in [-0.15, -0.1) is 0 Å². The SMILES string of the molecule is O=[N+]([O-])c1ccc2c(c1)-c1cc([N+](=O)[O-])ccc1C2C#CC1c2ccc([N+](=O)[O-])cc2-c2cc([N+](=O)[O-])ccc21. The van der Waals surface area contributed by atoms with E-state index in [0.717, 1.165) is 0 Å². The maximum absolute atomic E-state index is 11.4. The summed E-state index contributed by atoms with van der Waals surface area (Å²) < 4.78 is 0. The van der Waals surface area contributed by atoms with Crippen molar-refractivity contribution in [2.75, 3.05) is 0 Å². The van der Waals surface area contributed by atoms with E-state index in [4.69, 9.17) is 0 Å². The lowest BCUT2D eigenvalue weighted by Gasteiger charge is -2.09. The fourth-order valence-electron chi connectivity index (χ4n) is 5.38. The molecule has 0 saturated heterocycles. The Labute approximate surface area is 224 Å². The molecule has 40 heavy (non-hydrogen) atoms. The maximum atomic E-state index is 11.4. The van der Waals surface area contributed by atoms with Crippen molar-refractivity contribution in [3.63, 3.8) is 0 Å². The van der Waals surface area contributed by atoms with Crippen molar-refractivity contribution in [1.82, 2.24) is 0 Å². The smallest absolute Gasteiger partial charge is 0.258 e. The van der Waals surface area contributed by atoms with Crippen LogP contribution in [0.1, 0.15) is 34.1 Å². The van der Waals surface area contributed by atoms with Gasteiger partial charge in [0, 0.05) is 48.5 Å². The Morgan fingerprint density at radius 3 is 0.850 bits per heavy atom. The fraction of sp³-hybridized carbons (Fsp3) is 0.0714. The number of non-ortho nitro benzene ring substituents is 4. The predicted molar refractivity (Wildman–Crippen MR) is 142 cm³/mol. The van der Waals surface area contributed by atoms with Gasteiger partial charge in [-0.3, -0.25) is 40.5 Å². The van der Waals surface area contributed by atoms with Crippen LogP contribution in [0.4, 0.5) is 22.7 Å². The molecule has 0 bridgehead atoms. The minimum Gasteiger partial charge on any atom is -0.258 e. The topological polar surface area (TPSA) is 173 Å². The Hall–Kier alpha value is -5.96. The van der Waals surface area contributed by atoms with Gasteiger partial charge >= 0.3 is 0 Å². The van der Waals surface area contributed by atoms with E-state index in [1.165, 1.54) is 48.5 Å². The van der Waals surface area contributed by atoms with Crippen molar-refractivity contribution in [3.8, 4) is 34.1 Å². The predicted octanol–water partition coefficient (Wildman–Crippen LogP) is 6.25. The zero-order chi connectivity index (χ0) is 28.3. The third-order valence-corrected chi connectivity index (χ3v) is 7.19. The summed E-state index contributed by atoms with van der Waals surface area (Å²) in [4.78, 5) is 43.5. The lowest BCUT2D eigenvalue weighted by atomic mass is 9.93. The Bertz CT molecular complexity index is 1640. The van der Waals surface area contributed by atoms with Gasteiger partial charge in [-0.05, 0) is 68.8 Å². The van der Waals surface area contributed by atoms with Gasteiger partial charge in [-0.25, -0.2) is 0 Å². The van der Waals surface area contributed by atoms with Gasteiger partial charge in [0.2, 0.25) is 0 Å². The minimum absolute atomic E-state index is 0.161. The van der Waals surface area contributed by atoms with Crippen LogP contribution < -0.4 is 0 Å². The quantitative estimate of drug-likeness (QED) is 0.168. The highest BCUT2D eigenvalue weighted by atomic mass is 16.6. The molecule has 0 amide bonds. The molecule has 0 aromatic heterocycles. The van der Waals surface area contributed by atoms with E-state index in [1.54, 1.807) is 24.3 Å². The van der Waals surface area contributed by atoms with Crippen molar-refractivity contribution >= 4 is 22.7 Å². The Balaban J connectivity index is 1.51. The van der Waals surface area contributed by atoms with Crippen LogP contribution in [0.3, 0.4) is 0 Å². The van der Waals surface area contributed by atoms with E-state index in [9.17, 15) is 40.5 Å². The summed E-state index contributed by atoms with van der Waals surface area (Å²) in [5.41, 5.74) is 3.88. The number of hydrogen-bond donors (Lipinski definition) is 0. The molecule has 0 aliphatic heterocycles. The number of hydrogen-bond acceptors (Lipinski definition) is 8. The second-order valence-corrected chi connectivity index (χ2v) is 9.27. The van der Waals surface area contributed by atoms with Crippen LogP contribution in [0.25, 0.3) is 22.3 Å². The molecule has 12 nitrogen and oxygen atoms in total.